The number of aromatic nitrogens is 1. The Balaban J connectivity index is 2.44. The first-order chi connectivity index (χ1) is 24.0. The Kier molecular flexibility index (Phi) is 12.9. The van der Waals surface area contributed by atoms with Gasteiger partial charge >= 0.3 is 35.8 Å². The quantitative estimate of drug-likeness (QED) is 0.208. The number of rotatable bonds is 8. The van der Waals surface area contributed by atoms with Gasteiger partial charge in [0.15, 0.2) is 23.1 Å². The second-order valence-electron chi connectivity index (χ2n) is 14.5. The molecule has 3 rings (SSSR count). The minimum absolute atomic E-state index is 0.113. The number of carbonyl (C=O) groups excluding carboxylic acids is 7. The van der Waals surface area contributed by atoms with Crippen molar-refractivity contribution < 1.29 is 62.0 Å². The van der Waals surface area contributed by atoms with Crippen LogP contribution in [-0.2, 0) is 57.2 Å². The SMILES string of the molecule is C=C1[C@H](OC(=O)C(C)C)C[C@@H](OC(=O)c2cccnc2)C(C)(C)/C=C/[C@@H](C)C(=O)[C@@]2(OC(C)=O)C[C@@](C)(OC(C)=O)[C@H](OC(C)=O)[C@@H]2[C@H]1OC(C)=O. The number of esters is 6. The highest BCUT2D eigenvalue weighted by atomic mass is 16.6. The number of pyridine rings is 1. The van der Waals surface area contributed by atoms with E-state index in [2.05, 4.69) is 11.6 Å². The first-order valence-corrected chi connectivity index (χ1v) is 17.0. The molecule has 0 bridgehead atoms. The summed E-state index contributed by atoms with van der Waals surface area (Å²) in [5.41, 5.74) is -5.10. The van der Waals surface area contributed by atoms with Gasteiger partial charge in [0.1, 0.15) is 18.3 Å². The fourth-order valence-corrected chi connectivity index (χ4v) is 6.87. The van der Waals surface area contributed by atoms with Gasteiger partial charge in [-0.1, -0.05) is 53.3 Å². The maximum Gasteiger partial charge on any atom is 0.340 e. The van der Waals surface area contributed by atoms with Crippen molar-refractivity contribution in [2.75, 3.05) is 0 Å². The first kappa shape index (κ1) is 41.5. The third kappa shape index (κ3) is 9.31. The lowest BCUT2D eigenvalue weighted by Gasteiger charge is -2.42. The van der Waals surface area contributed by atoms with E-state index in [0.717, 1.165) is 27.7 Å². The minimum atomic E-state index is -2.26. The monoisotopic (exact) mass is 727 g/mol. The Hall–Kier alpha value is -4.88. The lowest BCUT2D eigenvalue weighted by molar-refractivity contribution is -0.190. The predicted molar refractivity (Wildman–Crippen MR) is 183 cm³/mol. The number of ketones is 1. The number of hydrogen-bond donors (Lipinski definition) is 0. The molecule has 8 atom stereocenters. The van der Waals surface area contributed by atoms with Crippen LogP contribution in [0.4, 0.5) is 0 Å². The molecule has 1 saturated carbocycles. The summed E-state index contributed by atoms with van der Waals surface area (Å²) in [6, 6.07) is 3.08. The largest absolute Gasteiger partial charge is 0.458 e. The Labute approximate surface area is 303 Å². The Morgan fingerprint density at radius 1 is 0.885 bits per heavy atom. The zero-order valence-corrected chi connectivity index (χ0v) is 31.4. The van der Waals surface area contributed by atoms with Crippen molar-refractivity contribution >= 4 is 41.6 Å². The van der Waals surface area contributed by atoms with Crippen LogP contribution < -0.4 is 0 Å². The molecule has 1 aromatic heterocycles. The molecule has 1 heterocycles. The summed E-state index contributed by atoms with van der Waals surface area (Å²) in [6.07, 6.45) is -0.395. The van der Waals surface area contributed by atoms with Crippen LogP contribution in [0.3, 0.4) is 0 Å². The van der Waals surface area contributed by atoms with E-state index in [1.165, 1.54) is 25.4 Å². The van der Waals surface area contributed by atoms with E-state index in [4.69, 9.17) is 28.4 Å². The molecule has 14 heteroatoms. The number of Topliss-reactive ketones (excluding diaryl/α,β-unsaturated/α-hetero) is 1. The average Bonchev–Trinajstić information content (AvgIpc) is 3.26. The standard InChI is InChI=1S/C38H49NO13/c1-20(2)34(45)49-28-17-29(50-35(46)27-13-12-16-39-18-27)36(9,10)15-14-21(3)32(44)38(52-26(8)43)19-37(11,51-25(7)42)33(48-24(6)41)30(38)31(22(28)4)47-23(5)40/h12-16,18,20-21,28-31,33H,4,17,19H2,1-3,5-11H3/b15-14+/t21-,28-,29-,30+,31+,33-,37-,38-/m1/s1. The zero-order chi connectivity index (χ0) is 39.3. The van der Waals surface area contributed by atoms with E-state index in [-0.39, 0.29) is 17.6 Å². The van der Waals surface area contributed by atoms with E-state index in [9.17, 15) is 33.6 Å². The molecule has 2 aliphatic rings. The number of carbonyl (C=O) groups is 7. The Bertz CT molecular complexity index is 1620. The van der Waals surface area contributed by atoms with Gasteiger partial charge in [-0.05, 0) is 19.1 Å². The topological polar surface area (TPSA) is 188 Å². The van der Waals surface area contributed by atoms with E-state index in [0.29, 0.717) is 0 Å². The number of hydrogen-bond acceptors (Lipinski definition) is 14. The highest BCUT2D eigenvalue weighted by Crippen LogP contribution is 2.54. The van der Waals surface area contributed by atoms with Crippen molar-refractivity contribution in [2.45, 2.75) is 118 Å². The van der Waals surface area contributed by atoms with Gasteiger partial charge in [-0.3, -0.25) is 33.8 Å². The molecular formula is C38H49NO13. The summed E-state index contributed by atoms with van der Waals surface area (Å²) in [5, 5.41) is 0. The van der Waals surface area contributed by atoms with Gasteiger partial charge in [0.25, 0.3) is 0 Å². The molecule has 52 heavy (non-hydrogen) atoms. The number of allylic oxidation sites excluding steroid dienone is 1. The normalized spacial score (nSPS) is 30.8. The van der Waals surface area contributed by atoms with Crippen LogP contribution in [0.2, 0.25) is 0 Å². The maximum atomic E-state index is 14.9. The Morgan fingerprint density at radius 3 is 2.02 bits per heavy atom. The molecule has 0 aliphatic heterocycles. The highest BCUT2D eigenvalue weighted by molar-refractivity contribution is 5.94. The molecule has 14 nitrogen and oxygen atoms in total. The van der Waals surface area contributed by atoms with Gasteiger partial charge < -0.3 is 28.4 Å². The fourth-order valence-electron chi connectivity index (χ4n) is 6.87. The summed E-state index contributed by atoms with van der Waals surface area (Å²) in [6.45, 7) is 18.2. The van der Waals surface area contributed by atoms with Crippen molar-refractivity contribution in [3.63, 3.8) is 0 Å². The minimum Gasteiger partial charge on any atom is -0.458 e. The zero-order valence-electron chi connectivity index (χ0n) is 31.4. The van der Waals surface area contributed by atoms with Crippen LogP contribution >= 0.6 is 0 Å². The molecule has 1 fully saturated rings. The molecule has 0 saturated heterocycles. The average molecular weight is 728 g/mol. The van der Waals surface area contributed by atoms with Crippen molar-refractivity contribution in [2.24, 2.45) is 23.2 Å². The van der Waals surface area contributed by atoms with Gasteiger partial charge in [-0.2, -0.15) is 0 Å². The number of ether oxygens (including phenoxy) is 6. The van der Waals surface area contributed by atoms with Crippen molar-refractivity contribution in [1.29, 1.82) is 0 Å². The summed E-state index contributed by atoms with van der Waals surface area (Å²) >= 11 is 0. The van der Waals surface area contributed by atoms with Gasteiger partial charge in [0.05, 0.1) is 17.4 Å². The molecule has 0 N–H and O–H groups in total. The maximum absolute atomic E-state index is 14.9. The van der Waals surface area contributed by atoms with Crippen molar-refractivity contribution in [3.05, 3.63) is 54.4 Å². The molecule has 0 radical (unpaired) electrons. The third-order valence-corrected chi connectivity index (χ3v) is 9.25. The summed E-state index contributed by atoms with van der Waals surface area (Å²) < 4.78 is 35.4. The van der Waals surface area contributed by atoms with Crippen molar-refractivity contribution in [1.82, 2.24) is 4.98 Å². The van der Waals surface area contributed by atoms with Crippen LogP contribution in [0.5, 0.6) is 0 Å². The summed E-state index contributed by atoms with van der Waals surface area (Å²) in [4.78, 5) is 96.7. The fraction of sp³-hybridized carbons (Fsp3) is 0.579. The van der Waals surface area contributed by atoms with Gasteiger partial charge in [0.2, 0.25) is 0 Å². The van der Waals surface area contributed by atoms with Crippen LogP contribution in [0.1, 0.15) is 92.4 Å². The van der Waals surface area contributed by atoms with E-state index < -0.39 is 107 Å². The number of nitrogens with zero attached hydrogens (tertiary/aromatic N) is 1. The van der Waals surface area contributed by atoms with Gasteiger partial charge in [0, 0.05) is 69.8 Å². The second-order valence-corrected chi connectivity index (χ2v) is 14.5. The van der Waals surface area contributed by atoms with E-state index in [1.54, 1.807) is 52.8 Å². The van der Waals surface area contributed by atoms with Gasteiger partial charge in [-0.25, -0.2) is 4.79 Å². The lowest BCUT2D eigenvalue weighted by Crippen LogP contribution is -2.57. The van der Waals surface area contributed by atoms with E-state index >= 15 is 0 Å². The van der Waals surface area contributed by atoms with Crippen LogP contribution in [0.25, 0.3) is 0 Å². The van der Waals surface area contributed by atoms with Gasteiger partial charge in [-0.15, -0.1) is 0 Å². The highest BCUT2D eigenvalue weighted by Gasteiger charge is 2.71. The van der Waals surface area contributed by atoms with Crippen LogP contribution in [0.15, 0.2) is 48.8 Å². The van der Waals surface area contributed by atoms with Crippen LogP contribution in [-0.4, -0.2) is 82.2 Å². The smallest absolute Gasteiger partial charge is 0.340 e. The third-order valence-electron chi connectivity index (χ3n) is 9.25. The number of fused-ring (bicyclic) bond motifs is 1. The molecule has 284 valence electrons. The Morgan fingerprint density at radius 2 is 1.50 bits per heavy atom. The summed E-state index contributed by atoms with van der Waals surface area (Å²) in [5.74, 6) is -8.85. The molecule has 1 aromatic rings. The lowest BCUT2D eigenvalue weighted by atomic mass is 9.72. The second kappa shape index (κ2) is 16.2. The molecule has 0 amide bonds. The molecule has 0 spiro atoms. The predicted octanol–water partition coefficient (Wildman–Crippen LogP) is 4.43. The molecule has 0 aromatic carbocycles. The van der Waals surface area contributed by atoms with E-state index in [1.807, 2.05) is 0 Å². The molecule has 0 unspecified atom stereocenters. The molecule has 2 aliphatic carbocycles. The summed E-state index contributed by atoms with van der Waals surface area (Å²) in [7, 11) is 0. The van der Waals surface area contributed by atoms with Crippen molar-refractivity contribution in [3.8, 4) is 0 Å². The first-order valence-electron chi connectivity index (χ1n) is 17.0. The molecular weight excluding hydrogens is 678 g/mol. The van der Waals surface area contributed by atoms with Crippen LogP contribution in [0, 0.1) is 23.2 Å².